The maximum atomic E-state index is 12.9. The molecule has 1 heterocycles. The van der Waals surface area contributed by atoms with Gasteiger partial charge in [0.25, 0.3) is 0 Å². The van der Waals surface area contributed by atoms with Crippen molar-refractivity contribution >= 4 is 17.5 Å². The number of carbonyl (C=O) groups is 2. The van der Waals surface area contributed by atoms with Crippen LogP contribution in [0.2, 0.25) is 0 Å². The van der Waals surface area contributed by atoms with Gasteiger partial charge in [0.05, 0.1) is 17.5 Å². The number of benzene rings is 2. The van der Waals surface area contributed by atoms with Crippen LogP contribution in [-0.4, -0.2) is 11.8 Å². The number of fused-ring (bicyclic) bond motifs is 1. The average molecular weight is 389 g/mol. The molecule has 2 aliphatic rings. The van der Waals surface area contributed by atoms with Gasteiger partial charge in [-0.15, -0.1) is 0 Å². The molecule has 4 heteroatoms. The van der Waals surface area contributed by atoms with Crippen molar-refractivity contribution in [3.05, 3.63) is 66.2 Å². The summed E-state index contributed by atoms with van der Waals surface area (Å²) in [7, 11) is 0. The largest absolute Gasteiger partial charge is 0.457 e. The van der Waals surface area contributed by atoms with Crippen molar-refractivity contribution in [2.24, 2.45) is 17.8 Å². The second-order valence-electron chi connectivity index (χ2n) is 9.04. The van der Waals surface area contributed by atoms with Crippen molar-refractivity contribution in [1.29, 1.82) is 0 Å². The highest BCUT2D eigenvalue weighted by Gasteiger charge is 2.50. The molecule has 1 saturated heterocycles. The van der Waals surface area contributed by atoms with E-state index in [0.29, 0.717) is 17.9 Å². The first-order valence-electron chi connectivity index (χ1n) is 10.2. The number of hydrogen-bond donors (Lipinski definition) is 0. The lowest BCUT2D eigenvalue weighted by molar-refractivity contribution is -0.122. The zero-order valence-electron chi connectivity index (χ0n) is 17.4. The van der Waals surface area contributed by atoms with Gasteiger partial charge in [0.15, 0.2) is 0 Å². The fraction of sp³-hybridized carbons (Fsp3) is 0.360. The predicted octanol–water partition coefficient (Wildman–Crippen LogP) is 5.48. The van der Waals surface area contributed by atoms with Gasteiger partial charge in [0, 0.05) is 0 Å². The number of allylic oxidation sites excluding steroid dienone is 2. The number of nitrogens with zero attached hydrogens (tertiary/aromatic N) is 1. The smallest absolute Gasteiger partial charge is 0.238 e. The van der Waals surface area contributed by atoms with Crippen LogP contribution < -0.4 is 9.64 Å². The van der Waals surface area contributed by atoms with Crippen LogP contribution in [0, 0.1) is 17.8 Å². The number of anilines is 1. The fourth-order valence-electron chi connectivity index (χ4n) is 4.22. The predicted molar refractivity (Wildman–Crippen MR) is 114 cm³/mol. The molecule has 0 radical (unpaired) electrons. The Balaban J connectivity index is 1.50. The number of rotatable bonds is 3. The van der Waals surface area contributed by atoms with Crippen molar-refractivity contribution < 1.29 is 14.3 Å². The lowest BCUT2D eigenvalue weighted by atomic mass is 9.78. The standard InChI is InChI=1S/C25H27NO3/c1-16-6-5-7-21-22(16)24(28)26(23(21)27)18-10-14-20(15-11-18)29-19-12-8-17(9-13-19)25(2,3)4/h5-6,8-16,21-22H,7H2,1-4H3/t16-,21-,22+/m0/s1. The average Bonchev–Trinajstić information content (AvgIpc) is 2.94. The number of hydrogen-bond acceptors (Lipinski definition) is 3. The second kappa shape index (κ2) is 7.18. The first kappa shape index (κ1) is 19.4. The molecule has 29 heavy (non-hydrogen) atoms. The topological polar surface area (TPSA) is 46.6 Å². The monoisotopic (exact) mass is 389 g/mol. The maximum absolute atomic E-state index is 12.9. The van der Waals surface area contributed by atoms with Crippen LogP contribution >= 0.6 is 0 Å². The lowest BCUT2D eigenvalue weighted by Gasteiger charge is -2.22. The van der Waals surface area contributed by atoms with E-state index in [1.165, 1.54) is 10.5 Å². The van der Waals surface area contributed by atoms with E-state index in [1.807, 2.05) is 31.2 Å². The molecule has 1 aliphatic carbocycles. The van der Waals surface area contributed by atoms with E-state index in [1.54, 1.807) is 24.3 Å². The van der Waals surface area contributed by atoms with Crippen LogP contribution in [0.3, 0.4) is 0 Å². The van der Waals surface area contributed by atoms with Crippen LogP contribution in [0.1, 0.15) is 39.7 Å². The van der Waals surface area contributed by atoms with Gasteiger partial charge in [-0.05, 0) is 59.7 Å². The van der Waals surface area contributed by atoms with Crippen LogP contribution in [-0.2, 0) is 15.0 Å². The number of imide groups is 1. The molecule has 2 aromatic rings. The van der Waals surface area contributed by atoms with E-state index in [4.69, 9.17) is 4.74 Å². The quantitative estimate of drug-likeness (QED) is 0.516. The van der Waals surface area contributed by atoms with Crippen LogP contribution in [0.5, 0.6) is 11.5 Å². The molecule has 0 unspecified atom stereocenters. The Morgan fingerprint density at radius 3 is 2.03 bits per heavy atom. The summed E-state index contributed by atoms with van der Waals surface area (Å²) < 4.78 is 5.93. The van der Waals surface area contributed by atoms with Crippen molar-refractivity contribution in [1.82, 2.24) is 0 Å². The van der Waals surface area contributed by atoms with E-state index < -0.39 is 0 Å². The third-order valence-electron chi connectivity index (χ3n) is 5.92. The highest BCUT2D eigenvalue weighted by molar-refractivity contribution is 6.22. The molecule has 0 N–H and O–H groups in total. The van der Waals surface area contributed by atoms with E-state index >= 15 is 0 Å². The Labute approximate surface area is 172 Å². The summed E-state index contributed by atoms with van der Waals surface area (Å²) >= 11 is 0. The Kier molecular flexibility index (Phi) is 4.81. The molecule has 2 aromatic carbocycles. The SMILES string of the molecule is C[C@H]1C=CC[C@@H]2C(=O)N(c3ccc(Oc4ccc(C(C)(C)C)cc4)cc3)C(=O)[C@@H]21. The summed E-state index contributed by atoms with van der Waals surface area (Å²) in [6.07, 6.45) is 4.70. The Hall–Kier alpha value is -2.88. The van der Waals surface area contributed by atoms with Crippen molar-refractivity contribution in [2.45, 2.75) is 39.5 Å². The first-order chi connectivity index (χ1) is 13.8. The number of amides is 2. The molecular weight excluding hydrogens is 362 g/mol. The molecule has 3 atom stereocenters. The van der Waals surface area contributed by atoms with Crippen LogP contribution in [0.4, 0.5) is 5.69 Å². The van der Waals surface area contributed by atoms with E-state index in [0.717, 1.165) is 5.75 Å². The third-order valence-corrected chi connectivity index (χ3v) is 5.92. The summed E-state index contributed by atoms with van der Waals surface area (Å²) in [5.41, 5.74) is 1.95. The van der Waals surface area contributed by atoms with E-state index in [-0.39, 0.29) is 35.0 Å². The maximum Gasteiger partial charge on any atom is 0.238 e. The van der Waals surface area contributed by atoms with E-state index in [9.17, 15) is 9.59 Å². The van der Waals surface area contributed by atoms with Gasteiger partial charge in [0.2, 0.25) is 11.8 Å². The van der Waals surface area contributed by atoms with Crippen molar-refractivity contribution in [2.75, 3.05) is 4.90 Å². The third kappa shape index (κ3) is 3.59. The summed E-state index contributed by atoms with van der Waals surface area (Å²) in [5, 5.41) is 0. The minimum absolute atomic E-state index is 0.0916. The molecular formula is C25H27NO3. The Bertz CT molecular complexity index is 951. The van der Waals surface area contributed by atoms with E-state index in [2.05, 4.69) is 32.9 Å². The zero-order valence-corrected chi connectivity index (χ0v) is 17.4. The molecule has 0 saturated carbocycles. The molecule has 4 rings (SSSR count). The summed E-state index contributed by atoms with van der Waals surface area (Å²) in [6.45, 7) is 8.53. The number of ether oxygens (including phenoxy) is 1. The van der Waals surface area contributed by atoms with Gasteiger partial charge in [-0.1, -0.05) is 52.0 Å². The molecule has 0 spiro atoms. The molecule has 1 aliphatic heterocycles. The summed E-state index contributed by atoms with van der Waals surface area (Å²) in [6, 6.07) is 15.2. The first-order valence-corrected chi connectivity index (χ1v) is 10.2. The minimum atomic E-state index is -0.246. The van der Waals surface area contributed by atoms with Crippen LogP contribution in [0.25, 0.3) is 0 Å². The summed E-state index contributed by atoms with van der Waals surface area (Å²) in [4.78, 5) is 27.1. The van der Waals surface area contributed by atoms with Gasteiger partial charge in [-0.3, -0.25) is 14.5 Å². The molecule has 150 valence electrons. The highest BCUT2D eigenvalue weighted by atomic mass is 16.5. The Morgan fingerprint density at radius 2 is 1.48 bits per heavy atom. The van der Waals surface area contributed by atoms with Gasteiger partial charge >= 0.3 is 0 Å². The molecule has 0 bridgehead atoms. The number of carbonyl (C=O) groups excluding carboxylic acids is 2. The second-order valence-corrected chi connectivity index (χ2v) is 9.04. The summed E-state index contributed by atoms with van der Waals surface area (Å²) in [5.74, 6) is 0.845. The molecule has 0 aromatic heterocycles. The van der Waals surface area contributed by atoms with Crippen molar-refractivity contribution in [3.8, 4) is 11.5 Å². The fourth-order valence-corrected chi connectivity index (χ4v) is 4.22. The molecule has 1 fully saturated rings. The lowest BCUT2D eigenvalue weighted by Crippen LogP contribution is -2.31. The van der Waals surface area contributed by atoms with Gasteiger partial charge in [0.1, 0.15) is 11.5 Å². The van der Waals surface area contributed by atoms with Gasteiger partial charge < -0.3 is 4.74 Å². The van der Waals surface area contributed by atoms with Gasteiger partial charge in [-0.2, -0.15) is 0 Å². The van der Waals surface area contributed by atoms with Crippen LogP contribution in [0.15, 0.2) is 60.7 Å². The Morgan fingerprint density at radius 1 is 0.897 bits per heavy atom. The highest BCUT2D eigenvalue weighted by Crippen LogP contribution is 2.40. The normalized spacial score (nSPS) is 24.0. The minimum Gasteiger partial charge on any atom is -0.457 e. The molecule has 2 amide bonds. The van der Waals surface area contributed by atoms with Crippen molar-refractivity contribution in [3.63, 3.8) is 0 Å². The zero-order chi connectivity index (χ0) is 20.8. The molecule has 4 nitrogen and oxygen atoms in total. The van der Waals surface area contributed by atoms with Gasteiger partial charge in [-0.25, -0.2) is 0 Å².